The number of rotatable bonds is 3. The van der Waals surface area contributed by atoms with Gasteiger partial charge in [-0.1, -0.05) is 23.7 Å². The highest BCUT2D eigenvalue weighted by Crippen LogP contribution is 2.37. The topological polar surface area (TPSA) is 44.5 Å². The second kappa shape index (κ2) is 5.19. The fourth-order valence-corrected chi connectivity index (χ4v) is 1.75. The summed E-state index contributed by atoms with van der Waals surface area (Å²) in [4.78, 5) is 0. The Kier molecular flexibility index (Phi) is 3.63. The number of hydrogen-bond donors (Lipinski definition) is 1. The molecule has 94 valence electrons. The first-order valence-corrected chi connectivity index (χ1v) is 5.86. The first-order chi connectivity index (χ1) is 8.61. The molecule has 3 nitrogen and oxygen atoms in total. The summed E-state index contributed by atoms with van der Waals surface area (Å²) in [6.07, 6.45) is 0. The number of nitrogens with two attached hydrogens (primary N) is 1. The number of halogens is 1. The first kappa shape index (κ1) is 12.6. The number of nitrogen functional groups attached to an aromatic ring is 1. The van der Waals surface area contributed by atoms with Crippen molar-refractivity contribution in [2.24, 2.45) is 0 Å². The summed E-state index contributed by atoms with van der Waals surface area (Å²) >= 11 is 6.08. The Morgan fingerprint density at radius 3 is 2.50 bits per heavy atom. The summed E-state index contributed by atoms with van der Waals surface area (Å²) < 4.78 is 10.9. The quantitative estimate of drug-likeness (QED) is 0.851. The van der Waals surface area contributed by atoms with Gasteiger partial charge in [-0.05, 0) is 36.8 Å². The van der Waals surface area contributed by atoms with Gasteiger partial charge in [0.2, 0.25) is 0 Å². The predicted molar refractivity (Wildman–Crippen MR) is 73.7 cm³/mol. The summed E-state index contributed by atoms with van der Waals surface area (Å²) in [7, 11) is 1.56. The van der Waals surface area contributed by atoms with Crippen LogP contribution in [-0.4, -0.2) is 7.11 Å². The Labute approximate surface area is 111 Å². The van der Waals surface area contributed by atoms with Crippen LogP contribution in [0.25, 0.3) is 0 Å². The Bertz CT molecular complexity index is 570. The van der Waals surface area contributed by atoms with Crippen molar-refractivity contribution in [1.82, 2.24) is 0 Å². The van der Waals surface area contributed by atoms with Gasteiger partial charge in [0.25, 0.3) is 0 Å². The molecule has 0 amide bonds. The fraction of sp³-hybridized carbons (Fsp3) is 0.143. The zero-order valence-electron chi connectivity index (χ0n) is 10.2. The van der Waals surface area contributed by atoms with Gasteiger partial charge in [0.15, 0.2) is 5.75 Å². The van der Waals surface area contributed by atoms with Crippen molar-refractivity contribution in [3.05, 3.63) is 47.0 Å². The highest BCUT2D eigenvalue weighted by atomic mass is 35.5. The van der Waals surface area contributed by atoms with E-state index in [2.05, 4.69) is 0 Å². The van der Waals surface area contributed by atoms with Gasteiger partial charge in [-0.15, -0.1) is 0 Å². The lowest BCUT2D eigenvalue weighted by molar-refractivity contribution is 0.412. The van der Waals surface area contributed by atoms with Crippen LogP contribution in [0.5, 0.6) is 17.2 Å². The highest BCUT2D eigenvalue weighted by molar-refractivity contribution is 6.32. The van der Waals surface area contributed by atoms with Gasteiger partial charge in [0, 0.05) is 0 Å². The van der Waals surface area contributed by atoms with E-state index < -0.39 is 0 Å². The summed E-state index contributed by atoms with van der Waals surface area (Å²) in [6, 6.07) is 10.9. The molecule has 0 atom stereocenters. The SMILES string of the molecule is COc1cccc(Oc2cc(C)ccc2Cl)c1N. The molecule has 0 spiro atoms. The molecule has 2 aromatic carbocycles. The molecule has 0 fully saturated rings. The molecule has 4 heteroatoms. The van der Waals surface area contributed by atoms with Crippen LogP contribution in [0.3, 0.4) is 0 Å². The van der Waals surface area contributed by atoms with Crippen LogP contribution in [0.4, 0.5) is 5.69 Å². The molecule has 0 saturated carbocycles. The lowest BCUT2D eigenvalue weighted by Crippen LogP contribution is -1.96. The van der Waals surface area contributed by atoms with Crippen molar-refractivity contribution < 1.29 is 9.47 Å². The van der Waals surface area contributed by atoms with Gasteiger partial charge in [-0.3, -0.25) is 0 Å². The molecule has 0 aliphatic rings. The summed E-state index contributed by atoms with van der Waals surface area (Å²) in [5.74, 6) is 1.69. The van der Waals surface area contributed by atoms with Gasteiger partial charge in [-0.25, -0.2) is 0 Å². The number of para-hydroxylation sites is 1. The van der Waals surface area contributed by atoms with Crippen molar-refractivity contribution in [3.63, 3.8) is 0 Å². The number of methoxy groups -OCH3 is 1. The van der Waals surface area contributed by atoms with Crippen molar-refractivity contribution in [3.8, 4) is 17.2 Å². The molecular weight excluding hydrogens is 250 g/mol. The predicted octanol–water partition coefficient (Wildman–Crippen LogP) is 4.03. The molecule has 2 aromatic rings. The molecule has 0 aliphatic carbocycles. The average molecular weight is 264 g/mol. The van der Waals surface area contributed by atoms with Crippen molar-refractivity contribution in [2.45, 2.75) is 6.92 Å². The standard InChI is InChI=1S/C14H14ClNO2/c1-9-6-7-10(15)13(8-9)18-12-5-3-4-11(17-2)14(12)16/h3-8H,16H2,1-2H3. The molecule has 0 heterocycles. The number of anilines is 1. The second-order valence-electron chi connectivity index (χ2n) is 3.91. The third kappa shape index (κ3) is 2.51. The van der Waals surface area contributed by atoms with Crippen LogP contribution in [0.1, 0.15) is 5.56 Å². The summed E-state index contributed by atoms with van der Waals surface area (Å²) in [6.45, 7) is 1.97. The maximum atomic E-state index is 6.08. The lowest BCUT2D eigenvalue weighted by Gasteiger charge is -2.12. The van der Waals surface area contributed by atoms with E-state index in [0.29, 0.717) is 28.0 Å². The maximum Gasteiger partial charge on any atom is 0.154 e. The minimum Gasteiger partial charge on any atom is -0.494 e. The molecule has 0 radical (unpaired) electrons. The van der Waals surface area contributed by atoms with Gasteiger partial charge in [0.1, 0.15) is 17.2 Å². The highest BCUT2D eigenvalue weighted by Gasteiger charge is 2.09. The largest absolute Gasteiger partial charge is 0.494 e. The Morgan fingerprint density at radius 2 is 1.78 bits per heavy atom. The van der Waals surface area contributed by atoms with Gasteiger partial charge in [0.05, 0.1) is 12.1 Å². The lowest BCUT2D eigenvalue weighted by atomic mass is 10.2. The first-order valence-electron chi connectivity index (χ1n) is 5.48. The van der Waals surface area contributed by atoms with E-state index in [-0.39, 0.29) is 0 Å². The molecule has 0 aliphatic heterocycles. The zero-order valence-corrected chi connectivity index (χ0v) is 11.0. The smallest absolute Gasteiger partial charge is 0.154 e. The fourth-order valence-electron chi connectivity index (χ4n) is 1.60. The normalized spacial score (nSPS) is 10.2. The monoisotopic (exact) mass is 263 g/mol. The van der Waals surface area contributed by atoms with E-state index in [1.165, 1.54) is 0 Å². The van der Waals surface area contributed by atoms with E-state index >= 15 is 0 Å². The maximum absolute atomic E-state index is 6.08. The van der Waals surface area contributed by atoms with Gasteiger partial charge < -0.3 is 15.2 Å². The third-order valence-corrected chi connectivity index (χ3v) is 2.86. The third-order valence-electron chi connectivity index (χ3n) is 2.55. The van der Waals surface area contributed by atoms with E-state index in [1.54, 1.807) is 25.3 Å². The van der Waals surface area contributed by atoms with Crippen molar-refractivity contribution in [1.29, 1.82) is 0 Å². The number of hydrogen-bond acceptors (Lipinski definition) is 3. The second-order valence-corrected chi connectivity index (χ2v) is 4.32. The summed E-state index contributed by atoms with van der Waals surface area (Å²) in [5.41, 5.74) is 7.46. The van der Waals surface area contributed by atoms with Crippen molar-refractivity contribution >= 4 is 17.3 Å². The van der Waals surface area contributed by atoms with Crippen LogP contribution in [0.2, 0.25) is 5.02 Å². The molecule has 0 aromatic heterocycles. The van der Waals surface area contributed by atoms with E-state index in [9.17, 15) is 0 Å². The molecule has 0 bridgehead atoms. The van der Waals surface area contributed by atoms with Crippen molar-refractivity contribution in [2.75, 3.05) is 12.8 Å². The van der Waals surface area contributed by atoms with Crippen LogP contribution in [0.15, 0.2) is 36.4 Å². The molecule has 2 rings (SSSR count). The average Bonchev–Trinajstić information content (AvgIpc) is 2.36. The minimum atomic E-state index is 0.456. The zero-order chi connectivity index (χ0) is 13.1. The van der Waals surface area contributed by atoms with Gasteiger partial charge in [-0.2, -0.15) is 0 Å². The van der Waals surface area contributed by atoms with Crippen LogP contribution in [0, 0.1) is 6.92 Å². The number of ether oxygens (including phenoxy) is 2. The minimum absolute atomic E-state index is 0.456. The molecule has 2 N–H and O–H groups in total. The number of aryl methyl sites for hydroxylation is 1. The molecule has 0 saturated heterocycles. The Morgan fingerprint density at radius 1 is 1.06 bits per heavy atom. The van der Waals surface area contributed by atoms with Gasteiger partial charge >= 0.3 is 0 Å². The Hall–Kier alpha value is -1.87. The van der Waals surface area contributed by atoms with Crippen LogP contribution < -0.4 is 15.2 Å². The molecule has 0 unspecified atom stereocenters. The summed E-state index contributed by atoms with van der Waals surface area (Å²) in [5, 5.41) is 0.544. The van der Waals surface area contributed by atoms with E-state index in [0.717, 1.165) is 5.56 Å². The molecule has 18 heavy (non-hydrogen) atoms. The van der Waals surface area contributed by atoms with E-state index in [1.807, 2.05) is 25.1 Å². The number of benzene rings is 2. The van der Waals surface area contributed by atoms with Crippen LogP contribution >= 0.6 is 11.6 Å². The van der Waals surface area contributed by atoms with E-state index in [4.69, 9.17) is 26.8 Å². The molecular formula is C14H14ClNO2. The van der Waals surface area contributed by atoms with Crippen LogP contribution in [-0.2, 0) is 0 Å². The Balaban J connectivity index is 2.37.